The Kier molecular flexibility index (Phi) is 7.88. The molecular formula is C35H28Cl2N2O4S. The van der Waals surface area contributed by atoms with Crippen molar-refractivity contribution in [1.29, 1.82) is 0 Å². The minimum absolute atomic E-state index is 0.0498. The van der Waals surface area contributed by atoms with Crippen LogP contribution >= 0.6 is 23.2 Å². The van der Waals surface area contributed by atoms with Crippen molar-refractivity contribution in [2.24, 2.45) is 0 Å². The number of esters is 1. The maximum atomic E-state index is 14.3. The molecule has 222 valence electrons. The lowest BCUT2D eigenvalue weighted by Gasteiger charge is -2.37. The van der Waals surface area contributed by atoms with Gasteiger partial charge in [-0.2, -0.15) is 0 Å². The van der Waals surface area contributed by atoms with E-state index in [9.17, 15) is 13.2 Å². The Hall–Kier alpha value is -4.30. The summed E-state index contributed by atoms with van der Waals surface area (Å²) in [6.07, 6.45) is 0.879. The van der Waals surface area contributed by atoms with E-state index in [1.54, 1.807) is 85.9 Å². The molecule has 1 aromatic heterocycles. The normalized spacial score (nSPS) is 14.8. The van der Waals surface area contributed by atoms with E-state index < -0.39 is 28.1 Å². The standard InChI is InChI=1S/C35H28Cl2N2O4S/c1-22-14-16-30(17-15-22)44(41,42)39-23(2)21-38-31-13-5-4-8-25(31)20-32(38)33(39)24(3)35(40)43-34(26-9-6-11-28(36)18-26)27-10-7-12-29(37)19-27/h4-21,33-34H,3H2,1-2H3/t33-/m1/s1. The Morgan fingerprint density at radius 2 is 1.45 bits per heavy atom. The molecule has 0 fully saturated rings. The van der Waals surface area contributed by atoms with E-state index in [0.29, 0.717) is 32.6 Å². The number of nitrogens with zero attached hydrogens (tertiary/aromatic N) is 2. The van der Waals surface area contributed by atoms with Gasteiger partial charge in [-0.25, -0.2) is 13.2 Å². The first-order valence-corrected chi connectivity index (χ1v) is 16.0. The molecule has 0 amide bonds. The van der Waals surface area contributed by atoms with Crippen LogP contribution < -0.4 is 0 Å². The Labute approximate surface area is 266 Å². The van der Waals surface area contributed by atoms with Crippen molar-refractivity contribution in [2.45, 2.75) is 30.9 Å². The van der Waals surface area contributed by atoms with Crippen LogP contribution in [0.4, 0.5) is 0 Å². The summed E-state index contributed by atoms with van der Waals surface area (Å²) in [7, 11) is -4.13. The molecule has 1 aliphatic rings. The quantitative estimate of drug-likeness (QED) is 0.131. The highest BCUT2D eigenvalue weighted by Crippen LogP contribution is 2.43. The number of benzene rings is 4. The molecule has 0 aliphatic carbocycles. The van der Waals surface area contributed by atoms with Crippen LogP contribution in [-0.4, -0.2) is 23.3 Å². The molecule has 9 heteroatoms. The van der Waals surface area contributed by atoms with Gasteiger partial charge in [-0.1, -0.05) is 89.9 Å². The van der Waals surface area contributed by atoms with E-state index in [4.69, 9.17) is 27.9 Å². The number of para-hydroxylation sites is 1. The van der Waals surface area contributed by atoms with Crippen LogP contribution in [0.2, 0.25) is 10.0 Å². The average molecular weight is 644 g/mol. The minimum atomic E-state index is -4.13. The molecule has 6 nitrogen and oxygen atoms in total. The summed E-state index contributed by atoms with van der Waals surface area (Å²) in [5.74, 6) is -0.768. The second-order valence-corrected chi connectivity index (χ2v) is 13.4. The predicted molar refractivity (Wildman–Crippen MR) is 175 cm³/mol. The van der Waals surface area contributed by atoms with Crippen LogP contribution in [-0.2, 0) is 19.6 Å². The summed E-state index contributed by atoms with van der Waals surface area (Å²) < 4.78 is 37.8. The Bertz CT molecular complexity index is 2020. The van der Waals surface area contributed by atoms with Gasteiger partial charge in [0.25, 0.3) is 10.0 Å². The lowest BCUT2D eigenvalue weighted by Crippen LogP contribution is -2.39. The van der Waals surface area contributed by atoms with Gasteiger partial charge in [-0.05, 0) is 73.5 Å². The van der Waals surface area contributed by atoms with Crippen molar-refractivity contribution in [1.82, 2.24) is 8.87 Å². The van der Waals surface area contributed by atoms with Gasteiger partial charge in [0.2, 0.25) is 0 Å². The third-order valence-electron chi connectivity index (χ3n) is 7.65. The third-order valence-corrected chi connectivity index (χ3v) is 10.0. The monoisotopic (exact) mass is 642 g/mol. The number of rotatable bonds is 7. The molecule has 6 rings (SSSR count). The molecule has 0 saturated heterocycles. The summed E-state index contributed by atoms with van der Waals surface area (Å²) in [6.45, 7) is 7.75. The molecule has 4 aromatic carbocycles. The fraction of sp³-hybridized carbons (Fsp3) is 0.114. The van der Waals surface area contributed by atoms with Gasteiger partial charge in [0, 0.05) is 27.3 Å². The molecule has 0 saturated carbocycles. The number of allylic oxidation sites excluding steroid dienone is 1. The first-order valence-electron chi connectivity index (χ1n) is 13.8. The fourth-order valence-electron chi connectivity index (χ4n) is 5.55. The van der Waals surface area contributed by atoms with E-state index in [1.165, 1.54) is 4.31 Å². The molecular weight excluding hydrogens is 615 g/mol. The second-order valence-electron chi connectivity index (χ2n) is 10.7. The molecule has 0 unspecified atom stereocenters. The number of hydrogen-bond acceptors (Lipinski definition) is 4. The Morgan fingerprint density at radius 1 is 0.841 bits per heavy atom. The van der Waals surface area contributed by atoms with Gasteiger partial charge in [-0.15, -0.1) is 0 Å². The number of halogens is 2. The zero-order chi connectivity index (χ0) is 31.2. The SMILES string of the molecule is C=C(C(=O)OC(c1cccc(Cl)c1)c1cccc(Cl)c1)[C@@H]1c2cc3ccccc3n2C=C(C)N1S(=O)(=O)c1ccc(C)cc1. The van der Waals surface area contributed by atoms with E-state index in [-0.39, 0.29) is 10.5 Å². The predicted octanol–water partition coefficient (Wildman–Crippen LogP) is 8.71. The molecule has 1 aliphatic heterocycles. The summed E-state index contributed by atoms with van der Waals surface area (Å²) in [4.78, 5) is 14.2. The number of carbonyl (C=O) groups excluding carboxylic acids is 1. The molecule has 2 heterocycles. The van der Waals surface area contributed by atoms with Gasteiger partial charge < -0.3 is 9.30 Å². The summed E-state index contributed by atoms with van der Waals surface area (Å²) in [5.41, 5.74) is 3.98. The van der Waals surface area contributed by atoms with Crippen molar-refractivity contribution in [3.8, 4) is 0 Å². The lowest BCUT2D eigenvalue weighted by atomic mass is 10.00. The molecule has 44 heavy (non-hydrogen) atoms. The number of aromatic nitrogens is 1. The maximum absolute atomic E-state index is 14.3. The minimum Gasteiger partial charge on any atom is -0.449 e. The van der Waals surface area contributed by atoms with Gasteiger partial charge in [0.05, 0.1) is 21.7 Å². The highest BCUT2D eigenvalue weighted by Gasteiger charge is 2.41. The summed E-state index contributed by atoms with van der Waals surface area (Å²) >= 11 is 12.6. The molecule has 0 bridgehead atoms. The van der Waals surface area contributed by atoms with Crippen molar-refractivity contribution >= 4 is 56.3 Å². The second kappa shape index (κ2) is 11.7. The number of hydrogen-bond donors (Lipinski definition) is 0. The van der Waals surface area contributed by atoms with E-state index in [1.807, 2.05) is 41.8 Å². The van der Waals surface area contributed by atoms with Crippen LogP contribution in [0, 0.1) is 6.92 Å². The van der Waals surface area contributed by atoms with Crippen LogP contribution in [0.15, 0.2) is 126 Å². The average Bonchev–Trinajstić information content (AvgIpc) is 3.37. The molecule has 1 atom stereocenters. The van der Waals surface area contributed by atoms with E-state index in [0.717, 1.165) is 16.5 Å². The van der Waals surface area contributed by atoms with Crippen LogP contribution in [0.25, 0.3) is 17.1 Å². The first kappa shape index (κ1) is 29.8. The van der Waals surface area contributed by atoms with Gasteiger partial charge in [-0.3, -0.25) is 4.31 Å². The topological polar surface area (TPSA) is 68.6 Å². The molecule has 5 aromatic rings. The highest BCUT2D eigenvalue weighted by molar-refractivity contribution is 7.89. The number of aryl methyl sites for hydroxylation is 1. The number of carbonyl (C=O) groups is 1. The van der Waals surface area contributed by atoms with Gasteiger partial charge in [0.1, 0.15) is 6.04 Å². The number of ether oxygens (including phenoxy) is 1. The Balaban J connectivity index is 1.46. The van der Waals surface area contributed by atoms with Crippen LogP contribution in [0.1, 0.15) is 41.5 Å². The number of sulfonamides is 1. The highest BCUT2D eigenvalue weighted by atomic mass is 35.5. The summed E-state index contributed by atoms with van der Waals surface area (Å²) in [6, 6.07) is 29.1. The fourth-order valence-corrected chi connectivity index (χ4v) is 7.60. The van der Waals surface area contributed by atoms with Gasteiger partial charge >= 0.3 is 5.97 Å². The smallest absolute Gasteiger partial charge is 0.336 e. The number of fused-ring (bicyclic) bond motifs is 3. The van der Waals surface area contributed by atoms with Crippen LogP contribution in [0.5, 0.6) is 0 Å². The molecule has 0 radical (unpaired) electrons. The van der Waals surface area contributed by atoms with Crippen molar-refractivity contribution in [3.63, 3.8) is 0 Å². The third kappa shape index (κ3) is 5.43. The lowest BCUT2D eigenvalue weighted by molar-refractivity contribution is -0.143. The van der Waals surface area contributed by atoms with E-state index >= 15 is 0 Å². The molecule has 0 spiro atoms. The molecule has 0 N–H and O–H groups in total. The van der Waals surface area contributed by atoms with Gasteiger partial charge in [0.15, 0.2) is 6.10 Å². The van der Waals surface area contributed by atoms with Crippen molar-refractivity contribution < 1.29 is 17.9 Å². The van der Waals surface area contributed by atoms with E-state index in [2.05, 4.69) is 6.58 Å². The van der Waals surface area contributed by atoms with Crippen molar-refractivity contribution in [2.75, 3.05) is 0 Å². The van der Waals surface area contributed by atoms with Crippen LogP contribution in [0.3, 0.4) is 0 Å². The summed E-state index contributed by atoms with van der Waals surface area (Å²) in [5, 5.41) is 1.83. The zero-order valence-corrected chi connectivity index (χ0v) is 26.3. The first-order chi connectivity index (χ1) is 21.0. The maximum Gasteiger partial charge on any atom is 0.336 e. The van der Waals surface area contributed by atoms with Crippen molar-refractivity contribution in [3.05, 3.63) is 153 Å². The zero-order valence-electron chi connectivity index (χ0n) is 23.9. The Morgan fingerprint density at radius 3 is 2.07 bits per heavy atom. The largest absolute Gasteiger partial charge is 0.449 e.